The number of alkyl carbamates (subject to hydrolysis) is 1. The van der Waals surface area contributed by atoms with Gasteiger partial charge in [0, 0.05) is 13.1 Å². The van der Waals surface area contributed by atoms with Crippen LogP contribution in [0.15, 0.2) is 0 Å². The van der Waals surface area contributed by atoms with Crippen LogP contribution in [0, 0.1) is 0 Å². The lowest BCUT2D eigenvalue weighted by molar-refractivity contribution is 0.0488. The number of hydrogen-bond acceptors (Lipinski definition) is 4. The zero-order valence-corrected chi connectivity index (χ0v) is 13.0. The maximum Gasteiger partial charge on any atom is 0.407 e. The largest absolute Gasteiger partial charge is 0.444 e. The summed E-state index contributed by atoms with van der Waals surface area (Å²) in [7, 11) is 0. The standard InChI is InChI=1S/C14H30N2O3/c1-6-8-14(5,18)11-15-9-7-10-16-12(17)19-13(2,3)4/h15,18H,6-11H2,1-5H3,(H,16,17). The number of aliphatic hydroxyl groups is 1. The molecule has 1 atom stereocenters. The molecule has 3 N–H and O–H groups in total. The number of carbonyl (C=O) groups excluding carboxylic acids is 1. The van der Waals surface area contributed by atoms with Crippen molar-refractivity contribution in [3.05, 3.63) is 0 Å². The lowest BCUT2D eigenvalue weighted by Gasteiger charge is -2.23. The lowest BCUT2D eigenvalue weighted by atomic mass is 10.0. The van der Waals surface area contributed by atoms with Crippen molar-refractivity contribution >= 4 is 6.09 Å². The number of rotatable bonds is 8. The quantitative estimate of drug-likeness (QED) is 0.592. The van der Waals surface area contributed by atoms with Crippen LogP contribution >= 0.6 is 0 Å². The summed E-state index contributed by atoms with van der Waals surface area (Å²) < 4.78 is 5.12. The summed E-state index contributed by atoms with van der Waals surface area (Å²) in [5, 5.41) is 15.8. The third-order valence-electron chi connectivity index (χ3n) is 2.49. The maximum absolute atomic E-state index is 11.3. The summed E-state index contributed by atoms with van der Waals surface area (Å²) in [5.41, 5.74) is -1.10. The molecular weight excluding hydrogens is 244 g/mol. The zero-order valence-electron chi connectivity index (χ0n) is 13.0. The first-order chi connectivity index (χ1) is 8.66. The molecule has 5 heteroatoms. The molecule has 1 amide bonds. The van der Waals surface area contributed by atoms with E-state index >= 15 is 0 Å². The van der Waals surface area contributed by atoms with Crippen LogP contribution in [0.2, 0.25) is 0 Å². The van der Waals surface area contributed by atoms with Gasteiger partial charge in [0.2, 0.25) is 0 Å². The molecule has 0 aromatic heterocycles. The van der Waals surface area contributed by atoms with Gasteiger partial charge in [0.15, 0.2) is 0 Å². The second-order valence-electron chi connectivity index (χ2n) is 6.21. The molecule has 0 aromatic rings. The Bertz CT molecular complexity index is 260. The van der Waals surface area contributed by atoms with Crippen LogP contribution in [0.1, 0.15) is 53.9 Å². The van der Waals surface area contributed by atoms with Gasteiger partial charge in [-0.15, -0.1) is 0 Å². The summed E-state index contributed by atoms with van der Waals surface area (Å²) in [6.45, 7) is 11.3. The summed E-state index contributed by atoms with van der Waals surface area (Å²) in [5.74, 6) is 0. The van der Waals surface area contributed by atoms with Crippen molar-refractivity contribution in [1.82, 2.24) is 10.6 Å². The fourth-order valence-corrected chi connectivity index (χ4v) is 1.70. The molecule has 0 spiro atoms. The van der Waals surface area contributed by atoms with Gasteiger partial charge >= 0.3 is 6.09 Å². The van der Waals surface area contributed by atoms with E-state index in [0.29, 0.717) is 13.1 Å². The average Bonchev–Trinajstić information content (AvgIpc) is 2.20. The Morgan fingerprint density at radius 1 is 1.21 bits per heavy atom. The van der Waals surface area contributed by atoms with E-state index in [1.165, 1.54) is 0 Å². The first kappa shape index (κ1) is 18.2. The maximum atomic E-state index is 11.3. The van der Waals surface area contributed by atoms with Gasteiger partial charge in [0.25, 0.3) is 0 Å². The summed E-state index contributed by atoms with van der Waals surface area (Å²) in [4.78, 5) is 11.3. The van der Waals surface area contributed by atoms with Gasteiger partial charge in [-0.1, -0.05) is 13.3 Å². The van der Waals surface area contributed by atoms with Gasteiger partial charge in [0.05, 0.1) is 5.60 Å². The van der Waals surface area contributed by atoms with E-state index in [1.807, 2.05) is 27.7 Å². The predicted octanol–water partition coefficient (Wildman–Crippen LogP) is 2.04. The smallest absolute Gasteiger partial charge is 0.407 e. The Morgan fingerprint density at radius 2 is 1.84 bits per heavy atom. The minimum absolute atomic E-state index is 0.384. The average molecular weight is 274 g/mol. The highest BCUT2D eigenvalue weighted by Gasteiger charge is 2.18. The first-order valence-electron chi connectivity index (χ1n) is 7.06. The fourth-order valence-electron chi connectivity index (χ4n) is 1.70. The van der Waals surface area contributed by atoms with Gasteiger partial charge in [-0.2, -0.15) is 0 Å². The highest BCUT2D eigenvalue weighted by molar-refractivity contribution is 5.67. The van der Waals surface area contributed by atoms with Crippen molar-refractivity contribution in [3.8, 4) is 0 Å². The van der Waals surface area contributed by atoms with E-state index in [2.05, 4.69) is 17.6 Å². The first-order valence-corrected chi connectivity index (χ1v) is 7.06. The Morgan fingerprint density at radius 3 is 2.37 bits per heavy atom. The van der Waals surface area contributed by atoms with Crippen molar-refractivity contribution in [3.63, 3.8) is 0 Å². The van der Waals surface area contributed by atoms with Crippen molar-refractivity contribution in [2.45, 2.75) is 65.1 Å². The summed E-state index contributed by atoms with van der Waals surface area (Å²) in [6, 6.07) is 0. The van der Waals surface area contributed by atoms with Gasteiger partial charge in [-0.3, -0.25) is 0 Å². The molecule has 0 aliphatic carbocycles. The third-order valence-corrected chi connectivity index (χ3v) is 2.49. The second-order valence-corrected chi connectivity index (χ2v) is 6.21. The van der Waals surface area contributed by atoms with Gasteiger partial charge in [-0.25, -0.2) is 4.79 Å². The Labute approximate surface area is 117 Å². The van der Waals surface area contributed by atoms with E-state index in [1.54, 1.807) is 0 Å². The van der Waals surface area contributed by atoms with E-state index in [9.17, 15) is 9.90 Å². The topological polar surface area (TPSA) is 70.6 Å². The predicted molar refractivity (Wildman–Crippen MR) is 77.3 cm³/mol. The molecule has 19 heavy (non-hydrogen) atoms. The number of ether oxygens (including phenoxy) is 1. The van der Waals surface area contributed by atoms with Crippen LogP contribution in [0.4, 0.5) is 4.79 Å². The lowest BCUT2D eigenvalue weighted by Crippen LogP contribution is -2.39. The van der Waals surface area contributed by atoms with Crippen LogP contribution in [0.3, 0.4) is 0 Å². The van der Waals surface area contributed by atoms with Crippen molar-refractivity contribution in [1.29, 1.82) is 0 Å². The number of hydrogen-bond donors (Lipinski definition) is 3. The van der Waals surface area contributed by atoms with Crippen LogP contribution in [0.5, 0.6) is 0 Å². The third kappa shape index (κ3) is 12.0. The van der Waals surface area contributed by atoms with E-state index in [4.69, 9.17) is 4.74 Å². The molecule has 0 fully saturated rings. The molecule has 0 aliphatic rings. The molecule has 0 radical (unpaired) electrons. The monoisotopic (exact) mass is 274 g/mol. The molecule has 0 heterocycles. The van der Waals surface area contributed by atoms with E-state index in [0.717, 1.165) is 25.8 Å². The van der Waals surface area contributed by atoms with Crippen LogP contribution < -0.4 is 10.6 Å². The molecule has 5 nitrogen and oxygen atoms in total. The molecule has 114 valence electrons. The fraction of sp³-hybridized carbons (Fsp3) is 0.929. The number of amides is 1. The number of carbonyl (C=O) groups is 1. The molecule has 0 saturated heterocycles. The van der Waals surface area contributed by atoms with Crippen LogP contribution in [-0.2, 0) is 4.74 Å². The molecular formula is C14H30N2O3. The Kier molecular flexibility index (Phi) is 8.02. The normalized spacial score (nSPS) is 14.8. The molecule has 1 unspecified atom stereocenters. The molecule has 0 aliphatic heterocycles. The molecule has 0 rings (SSSR count). The Hall–Kier alpha value is -0.810. The highest BCUT2D eigenvalue weighted by Crippen LogP contribution is 2.09. The summed E-state index contributed by atoms with van der Waals surface area (Å²) >= 11 is 0. The highest BCUT2D eigenvalue weighted by atomic mass is 16.6. The number of nitrogens with one attached hydrogen (secondary N) is 2. The summed E-state index contributed by atoms with van der Waals surface area (Å²) in [6.07, 6.45) is 2.18. The Balaban J connectivity index is 3.53. The van der Waals surface area contributed by atoms with Crippen molar-refractivity contribution < 1.29 is 14.6 Å². The molecule has 0 saturated carbocycles. The van der Waals surface area contributed by atoms with Crippen molar-refractivity contribution in [2.24, 2.45) is 0 Å². The van der Waals surface area contributed by atoms with Crippen LogP contribution in [0.25, 0.3) is 0 Å². The SMILES string of the molecule is CCCC(C)(O)CNCCCNC(=O)OC(C)(C)C. The van der Waals surface area contributed by atoms with E-state index in [-0.39, 0.29) is 6.09 Å². The van der Waals surface area contributed by atoms with Crippen molar-refractivity contribution in [2.75, 3.05) is 19.6 Å². The molecule has 0 aromatic carbocycles. The zero-order chi connectivity index (χ0) is 14.9. The minimum atomic E-state index is -0.645. The van der Waals surface area contributed by atoms with Gasteiger partial charge in [-0.05, 0) is 47.1 Å². The molecule has 0 bridgehead atoms. The van der Waals surface area contributed by atoms with Gasteiger partial charge < -0.3 is 20.5 Å². The van der Waals surface area contributed by atoms with Crippen LogP contribution in [-0.4, -0.2) is 42.0 Å². The van der Waals surface area contributed by atoms with E-state index < -0.39 is 11.2 Å². The second kappa shape index (κ2) is 8.38. The van der Waals surface area contributed by atoms with Gasteiger partial charge in [0.1, 0.15) is 5.60 Å². The minimum Gasteiger partial charge on any atom is -0.444 e.